The fourth-order valence-electron chi connectivity index (χ4n) is 3.68. The lowest BCUT2D eigenvalue weighted by molar-refractivity contribution is 0.0187. The highest BCUT2D eigenvalue weighted by Gasteiger charge is 2.24. The first-order valence-electron chi connectivity index (χ1n) is 8.66. The summed E-state index contributed by atoms with van der Waals surface area (Å²) in [5, 5.41) is 11.2. The van der Waals surface area contributed by atoms with E-state index in [-0.39, 0.29) is 0 Å². The molecule has 0 bridgehead atoms. The second kappa shape index (κ2) is 8.45. The molecule has 2 atom stereocenters. The highest BCUT2D eigenvalue weighted by molar-refractivity contribution is 6.30. The predicted octanol–water partition coefficient (Wildman–Crippen LogP) is 2.42. The van der Waals surface area contributed by atoms with Gasteiger partial charge >= 0.3 is 0 Å². The maximum Gasteiger partial charge on any atom is 0.0917 e. The molecule has 5 heteroatoms. The minimum Gasteiger partial charge on any atom is -0.387 e. The Kier molecular flexibility index (Phi) is 6.31. The largest absolute Gasteiger partial charge is 0.387 e. The fraction of sp³-hybridized carbons (Fsp3) is 0.667. The molecule has 2 saturated heterocycles. The Morgan fingerprint density at radius 2 is 2.04 bits per heavy atom. The Morgan fingerprint density at radius 3 is 2.83 bits per heavy atom. The average molecular weight is 339 g/mol. The molecule has 2 aliphatic rings. The molecule has 1 N–H and O–H groups in total. The molecule has 3 rings (SSSR count). The van der Waals surface area contributed by atoms with Crippen molar-refractivity contribution in [1.29, 1.82) is 0 Å². The van der Waals surface area contributed by atoms with Gasteiger partial charge in [-0.25, -0.2) is 0 Å². The molecule has 0 aliphatic carbocycles. The number of hydrogen-bond donors (Lipinski definition) is 1. The van der Waals surface area contributed by atoms with Crippen LogP contribution in [0.4, 0.5) is 0 Å². The van der Waals surface area contributed by atoms with E-state index in [2.05, 4.69) is 9.80 Å². The summed E-state index contributed by atoms with van der Waals surface area (Å²) in [6.07, 6.45) is 2.05. The molecule has 2 fully saturated rings. The van der Waals surface area contributed by atoms with E-state index in [1.165, 1.54) is 12.8 Å². The summed E-state index contributed by atoms with van der Waals surface area (Å²) >= 11 is 6.02. The van der Waals surface area contributed by atoms with E-state index >= 15 is 0 Å². The molecule has 2 heterocycles. The number of benzene rings is 1. The monoisotopic (exact) mass is 338 g/mol. The van der Waals surface area contributed by atoms with Gasteiger partial charge in [-0.05, 0) is 43.0 Å². The van der Waals surface area contributed by atoms with Crippen LogP contribution >= 0.6 is 11.6 Å². The lowest BCUT2D eigenvalue weighted by Crippen LogP contribution is -2.45. The van der Waals surface area contributed by atoms with E-state index < -0.39 is 6.10 Å². The third-order valence-corrected chi connectivity index (χ3v) is 5.12. The van der Waals surface area contributed by atoms with Gasteiger partial charge in [-0.1, -0.05) is 23.7 Å². The smallest absolute Gasteiger partial charge is 0.0917 e. The zero-order valence-electron chi connectivity index (χ0n) is 13.7. The molecule has 128 valence electrons. The minimum absolute atomic E-state index is 0.462. The van der Waals surface area contributed by atoms with Crippen molar-refractivity contribution in [2.75, 3.05) is 52.5 Å². The van der Waals surface area contributed by atoms with E-state index in [0.29, 0.717) is 17.5 Å². The van der Waals surface area contributed by atoms with Gasteiger partial charge in [0.05, 0.1) is 19.3 Å². The average Bonchev–Trinajstić information content (AvgIpc) is 2.56. The first-order chi connectivity index (χ1) is 11.2. The van der Waals surface area contributed by atoms with E-state index in [0.717, 1.165) is 51.5 Å². The van der Waals surface area contributed by atoms with Gasteiger partial charge in [-0.2, -0.15) is 0 Å². The molecule has 0 saturated carbocycles. The fourth-order valence-corrected chi connectivity index (χ4v) is 3.88. The Labute approximate surface area is 144 Å². The second-order valence-corrected chi connectivity index (χ2v) is 7.19. The van der Waals surface area contributed by atoms with Crippen molar-refractivity contribution >= 4 is 11.6 Å². The number of aliphatic hydroxyl groups excluding tert-OH is 1. The number of morpholine rings is 1. The number of β-amino-alcohol motifs (C(OH)–C–C–N with tert-alkyl or cyclic N) is 1. The zero-order chi connectivity index (χ0) is 16.1. The van der Waals surface area contributed by atoms with Crippen LogP contribution in [0.2, 0.25) is 5.02 Å². The summed E-state index contributed by atoms with van der Waals surface area (Å²) < 4.78 is 5.43. The van der Waals surface area contributed by atoms with Crippen LogP contribution in [0.25, 0.3) is 0 Å². The molecule has 2 aliphatic heterocycles. The van der Waals surface area contributed by atoms with E-state index in [9.17, 15) is 5.11 Å². The van der Waals surface area contributed by atoms with Gasteiger partial charge in [0.2, 0.25) is 0 Å². The summed E-state index contributed by atoms with van der Waals surface area (Å²) in [5.74, 6) is 0.702. The van der Waals surface area contributed by atoms with Crippen LogP contribution < -0.4 is 0 Å². The molecule has 0 amide bonds. The molecule has 23 heavy (non-hydrogen) atoms. The summed E-state index contributed by atoms with van der Waals surface area (Å²) in [5.41, 5.74) is 0.910. The Morgan fingerprint density at radius 1 is 1.22 bits per heavy atom. The number of hydrogen-bond acceptors (Lipinski definition) is 4. The van der Waals surface area contributed by atoms with Gasteiger partial charge in [0.25, 0.3) is 0 Å². The van der Waals surface area contributed by atoms with E-state index in [1.807, 2.05) is 24.3 Å². The highest BCUT2D eigenvalue weighted by Crippen LogP contribution is 2.23. The molecule has 1 aromatic carbocycles. The topological polar surface area (TPSA) is 35.9 Å². The maximum atomic E-state index is 10.5. The van der Waals surface area contributed by atoms with Crippen molar-refractivity contribution in [2.45, 2.75) is 18.9 Å². The van der Waals surface area contributed by atoms with Gasteiger partial charge in [-0.15, -0.1) is 0 Å². The number of ether oxygens (including phenoxy) is 1. The van der Waals surface area contributed by atoms with Crippen LogP contribution in [0.3, 0.4) is 0 Å². The van der Waals surface area contributed by atoms with Gasteiger partial charge in [0.1, 0.15) is 0 Å². The van der Waals surface area contributed by atoms with Crippen LogP contribution in [0.1, 0.15) is 24.5 Å². The highest BCUT2D eigenvalue weighted by atomic mass is 35.5. The maximum absolute atomic E-state index is 10.5. The van der Waals surface area contributed by atoms with Crippen molar-refractivity contribution in [1.82, 2.24) is 9.80 Å². The second-order valence-electron chi connectivity index (χ2n) is 6.75. The first-order valence-corrected chi connectivity index (χ1v) is 9.04. The number of rotatable bonds is 5. The molecular weight excluding hydrogens is 312 g/mol. The number of halogens is 1. The lowest BCUT2D eigenvalue weighted by Gasteiger charge is -2.37. The SMILES string of the molecule is OC(CN1CCCC(CN2CCOCC2)C1)c1cccc(Cl)c1. The van der Waals surface area contributed by atoms with Crippen molar-refractivity contribution in [3.05, 3.63) is 34.9 Å². The Balaban J connectivity index is 1.49. The number of likely N-dealkylation sites (tertiary alicyclic amines) is 1. The van der Waals surface area contributed by atoms with Crippen LogP contribution in [0.5, 0.6) is 0 Å². The van der Waals surface area contributed by atoms with E-state index in [4.69, 9.17) is 16.3 Å². The Bertz CT molecular complexity index is 494. The minimum atomic E-state index is -0.462. The van der Waals surface area contributed by atoms with Crippen molar-refractivity contribution in [2.24, 2.45) is 5.92 Å². The Hall–Kier alpha value is -0.650. The lowest BCUT2D eigenvalue weighted by atomic mass is 9.96. The van der Waals surface area contributed by atoms with Crippen LogP contribution in [-0.4, -0.2) is 67.4 Å². The van der Waals surface area contributed by atoms with Gasteiger partial charge < -0.3 is 14.7 Å². The summed E-state index contributed by atoms with van der Waals surface area (Å²) in [7, 11) is 0. The standard InChI is InChI=1S/C18H27ClN2O2/c19-17-5-1-4-16(11-17)18(22)14-21-6-2-3-15(13-21)12-20-7-9-23-10-8-20/h1,4-5,11,15,18,22H,2-3,6-10,12-14H2. The number of nitrogens with zero attached hydrogens (tertiary/aromatic N) is 2. The molecule has 4 nitrogen and oxygen atoms in total. The summed E-state index contributed by atoms with van der Waals surface area (Å²) in [4.78, 5) is 4.92. The normalized spacial score (nSPS) is 25.4. The molecule has 2 unspecified atom stereocenters. The summed E-state index contributed by atoms with van der Waals surface area (Å²) in [6.45, 7) is 7.86. The number of aliphatic hydroxyl groups is 1. The third-order valence-electron chi connectivity index (χ3n) is 4.89. The van der Waals surface area contributed by atoms with E-state index in [1.54, 1.807) is 0 Å². The summed E-state index contributed by atoms with van der Waals surface area (Å²) in [6, 6.07) is 7.56. The van der Waals surface area contributed by atoms with Crippen LogP contribution in [0.15, 0.2) is 24.3 Å². The predicted molar refractivity (Wildman–Crippen MR) is 92.8 cm³/mol. The first kappa shape index (κ1) is 17.2. The van der Waals surface area contributed by atoms with Gasteiger partial charge in [0.15, 0.2) is 0 Å². The van der Waals surface area contributed by atoms with Crippen molar-refractivity contribution in [3.63, 3.8) is 0 Å². The molecule has 0 aromatic heterocycles. The third kappa shape index (κ3) is 5.16. The molecular formula is C18H27ClN2O2. The van der Waals surface area contributed by atoms with Gasteiger partial charge in [0, 0.05) is 37.7 Å². The quantitative estimate of drug-likeness (QED) is 0.894. The number of piperidine rings is 1. The van der Waals surface area contributed by atoms with Crippen molar-refractivity contribution < 1.29 is 9.84 Å². The van der Waals surface area contributed by atoms with Crippen LogP contribution in [-0.2, 0) is 4.74 Å². The molecule has 0 spiro atoms. The molecule has 1 aromatic rings. The van der Waals surface area contributed by atoms with Gasteiger partial charge in [-0.3, -0.25) is 4.90 Å². The van der Waals surface area contributed by atoms with Crippen molar-refractivity contribution in [3.8, 4) is 0 Å². The zero-order valence-corrected chi connectivity index (χ0v) is 14.4. The van der Waals surface area contributed by atoms with Crippen LogP contribution in [0, 0.1) is 5.92 Å². The molecule has 0 radical (unpaired) electrons.